The van der Waals surface area contributed by atoms with Crippen molar-refractivity contribution >= 4 is 0 Å². The van der Waals surface area contributed by atoms with Gasteiger partial charge in [-0.15, -0.1) is 0 Å². The number of hydrogen-bond acceptors (Lipinski definition) is 3. The van der Waals surface area contributed by atoms with Gasteiger partial charge in [-0.05, 0) is 43.9 Å². The first-order chi connectivity index (χ1) is 8.19. The van der Waals surface area contributed by atoms with Crippen LogP contribution in [-0.2, 0) is 0 Å². The molecular weight excluding hydrogens is 216 g/mol. The van der Waals surface area contributed by atoms with Crippen LogP contribution in [0.5, 0.6) is 11.5 Å². The summed E-state index contributed by atoms with van der Waals surface area (Å²) in [5.74, 6) is 1.54. The monoisotopic (exact) mass is 236 g/mol. The average Bonchev–Trinajstić information content (AvgIpc) is 2.31. The molecule has 0 aromatic heterocycles. The van der Waals surface area contributed by atoms with Crippen LogP contribution in [0.25, 0.3) is 0 Å². The molecule has 1 N–H and O–H groups in total. The van der Waals surface area contributed by atoms with Crippen LogP contribution in [-0.4, -0.2) is 24.4 Å². The maximum absolute atomic E-state index is 9.62. The highest BCUT2D eigenvalue weighted by molar-refractivity contribution is 5.42. The molecule has 3 heteroatoms. The first kappa shape index (κ1) is 12.2. The van der Waals surface area contributed by atoms with Crippen LogP contribution >= 0.6 is 0 Å². The molecule has 0 aliphatic heterocycles. The summed E-state index contributed by atoms with van der Waals surface area (Å²) in [4.78, 5) is 0. The zero-order valence-electron chi connectivity index (χ0n) is 10.5. The normalized spacial score (nSPS) is 24.4. The van der Waals surface area contributed by atoms with E-state index in [1.165, 1.54) is 0 Å². The molecule has 1 fully saturated rings. The lowest BCUT2D eigenvalue weighted by Crippen LogP contribution is -2.28. The molecule has 1 aromatic carbocycles. The Morgan fingerprint density at radius 3 is 2.76 bits per heavy atom. The summed E-state index contributed by atoms with van der Waals surface area (Å²) >= 11 is 0. The minimum atomic E-state index is -0.217. The van der Waals surface area contributed by atoms with Gasteiger partial charge in [0, 0.05) is 6.42 Å². The summed E-state index contributed by atoms with van der Waals surface area (Å²) in [5.41, 5.74) is 1.15. The van der Waals surface area contributed by atoms with Gasteiger partial charge in [0.1, 0.15) is 6.10 Å². The minimum Gasteiger partial charge on any atom is -0.493 e. The van der Waals surface area contributed by atoms with E-state index in [9.17, 15) is 5.11 Å². The van der Waals surface area contributed by atoms with Crippen molar-refractivity contribution in [3.05, 3.63) is 23.8 Å². The Balaban J connectivity index is 2.07. The second-order valence-corrected chi connectivity index (χ2v) is 4.71. The second-order valence-electron chi connectivity index (χ2n) is 4.71. The Morgan fingerprint density at radius 1 is 1.24 bits per heavy atom. The standard InChI is InChI=1S/C14H20O3/c1-10-6-7-13(14(8-10)16-2)17-12-5-3-4-11(15)9-12/h6-8,11-12,15H,3-5,9H2,1-2H3. The summed E-state index contributed by atoms with van der Waals surface area (Å²) in [7, 11) is 1.65. The second kappa shape index (κ2) is 5.41. The Bertz CT molecular complexity index is 376. The van der Waals surface area contributed by atoms with Crippen molar-refractivity contribution in [1.82, 2.24) is 0 Å². The molecule has 0 radical (unpaired) electrons. The zero-order valence-corrected chi connectivity index (χ0v) is 10.5. The maximum atomic E-state index is 9.62. The summed E-state index contributed by atoms with van der Waals surface area (Å²) in [5, 5.41) is 9.62. The van der Waals surface area contributed by atoms with Crippen molar-refractivity contribution in [3.8, 4) is 11.5 Å². The molecule has 2 unspecified atom stereocenters. The van der Waals surface area contributed by atoms with Crippen LogP contribution in [0.15, 0.2) is 18.2 Å². The molecule has 94 valence electrons. The largest absolute Gasteiger partial charge is 0.493 e. The van der Waals surface area contributed by atoms with Gasteiger partial charge in [-0.25, -0.2) is 0 Å². The summed E-state index contributed by atoms with van der Waals surface area (Å²) in [6.07, 6.45) is 3.54. The van der Waals surface area contributed by atoms with Crippen molar-refractivity contribution < 1.29 is 14.6 Å². The van der Waals surface area contributed by atoms with E-state index in [1.54, 1.807) is 7.11 Å². The number of benzene rings is 1. The van der Waals surface area contributed by atoms with Crippen molar-refractivity contribution in [3.63, 3.8) is 0 Å². The lowest BCUT2D eigenvalue weighted by molar-refractivity contribution is 0.0522. The van der Waals surface area contributed by atoms with Crippen LogP contribution in [0.2, 0.25) is 0 Å². The number of aliphatic hydroxyl groups excluding tert-OH is 1. The van der Waals surface area contributed by atoms with E-state index in [0.717, 1.165) is 42.7 Å². The number of methoxy groups -OCH3 is 1. The van der Waals surface area contributed by atoms with Crippen molar-refractivity contribution in [2.45, 2.75) is 44.8 Å². The molecule has 1 saturated carbocycles. The topological polar surface area (TPSA) is 38.7 Å². The maximum Gasteiger partial charge on any atom is 0.161 e. The van der Waals surface area contributed by atoms with E-state index in [4.69, 9.17) is 9.47 Å². The number of rotatable bonds is 3. The summed E-state index contributed by atoms with van der Waals surface area (Å²) < 4.78 is 11.2. The fourth-order valence-corrected chi connectivity index (χ4v) is 2.28. The molecule has 0 bridgehead atoms. The molecule has 3 nitrogen and oxygen atoms in total. The van der Waals surface area contributed by atoms with Crippen molar-refractivity contribution in [1.29, 1.82) is 0 Å². The predicted molar refractivity (Wildman–Crippen MR) is 66.6 cm³/mol. The molecule has 1 aliphatic carbocycles. The number of aliphatic hydroxyl groups is 1. The van der Waals surface area contributed by atoms with Gasteiger partial charge in [0.2, 0.25) is 0 Å². The lowest BCUT2D eigenvalue weighted by Gasteiger charge is -2.27. The molecule has 1 aliphatic rings. The SMILES string of the molecule is COc1cc(C)ccc1OC1CCCC(O)C1. The lowest BCUT2D eigenvalue weighted by atomic mass is 9.95. The molecule has 0 amide bonds. The molecular formula is C14H20O3. The Labute approximate surface area is 102 Å². The average molecular weight is 236 g/mol. The summed E-state index contributed by atoms with van der Waals surface area (Å²) in [6, 6.07) is 5.92. The molecule has 1 aromatic rings. The number of ether oxygens (including phenoxy) is 2. The van der Waals surface area contributed by atoms with Gasteiger partial charge in [0.25, 0.3) is 0 Å². The third kappa shape index (κ3) is 3.13. The van der Waals surface area contributed by atoms with Crippen LogP contribution < -0.4 is 9.47 Å². The molecule has 2 atom stereocenters. The number of hydrogen-bond donors (Lipinski definition) is 1. The van der Waals surface area contributed by atoms with Gasteiger partial charge in [-0.2, -0.15) is 0 Å². The van der Waals surface area contributed by atoms with E-state index in [1.807, 2.05) is 25.1 Å². The van der Waals surface area contributed by atoms with Crippen LogP contribution in [0.1, 0.15) is 31.2 Å². The highest BCUT2D eigenvalue weighted by Gasteiger charge is 2.22. The molecule has 0 saturated heterocycles. The van der Waals surface area contributed by atoms with E-state index in [-0.39, 0.29) is 12.2 Å². The van der Waals surface area contributed by atoms with Crippen LogP contribution in [0.4, 0.5) is 0 Å². The van der Waals surface area contributed by atoms with Gasteiger partial charge < -0.3 is 14.6 Å². The number of aryl methyl sites for hydroxylation is 1. The third-order valence-corrected chi connectivity index (χ3v) is 3.21. The van der Waals surface area contributed by atoms with E-state index >= 15 is 0 Å². The smallest absolute Gasteiger partial charge is 0.161 e. The van der Waals surface area contributed by atoms with Crippen molar-refractivity contribution in [2.75, 3.05) is 7.11 Å². The van der Waals surface area contributed by atoms with Gasteiger partial charge in [-0.1, -0.05) is 6.07 Å². The Hall–Kier alpha value is -1.22. The Kier molecular flexibility index (Phi) is 3.89. The molecule has 17 heavy (non-hydrogen) atoms. The van der Waals surface area contributed by atoms with Crippen LogP contribution in [0, 0.1) is 6.92 Å². The van der Waals surface area contributed by atoms with Gasteiger partial charge in [-0.3, -0.25) is 0 Å². The zero-order chi connectivity index (χ0) is 12.3. The van der Waals surface area contributed by atoms with Gasteiger partial charge in [0.05, 0.1) is 13.2 Å². The molecule has 2 rings (SSSR count). The fraction of sp³-hybridized carbons (Fsp3) is 0.571. The Morgan fingerprint density at radius 2 is 2.06 bits per heavy atom. The highest BCUT2D eigenvalue weighted by atomic mass is 16.5. The van der Waals surface area contributed by atoms with E-state index < -0.39 is 0 Å². The van der Waals surface area contributed by atoms with Crippen LogP contribution in [0.3, 0.4) is 0 Å². The predicted octanol–water partition coefficient (Wildman–Crippen LogP) is 2.69. The van der Waals surface area contributed by atoms with Crippen molar-refractivity contribution in [2.24, 2.45) is 0 Å². The highest BCUT2D eigenvalue weighted by Crippen LogP contribution is 2.31. The first-order valence-electron chi connectivity index (χ1n) is 6.18. The molecule has 0 spiro atoms. The van der Waals surface area contributed by atoms with Gasteiger partial charge >= 0.3 is 0 Å². The van der Waals surface area contributed by atoms with E-state index in [2.05, 4.69) is 0 Å². The first-order valence-corrected chi connectivity index (χ1v) is 6.18. The third-order valence-electron chi connectivity index (χ3n) is 3.21. The minimum absolute atomic E-state index is 0.107. The summed E-state index contributed by atoms with van der Waals surface area (Å²) in [6.45, 7) is 2.02. The quantitative estimate of drug-likeness (QED) is 0.877. The van der Waals surface area contributed by atoms with Gasteiger partial charge in [0.15, 0.2) is 11.5 Å². The van der Waals surface area contributed by atoms with E-state index in [0.29, 0.717) is 0 Å². The fourth-order valence-electron chi connectivity index (χ4n) is 2.28. The molecule has 0 heterocycles.